The molecular formula is C37H38N3P. The van der Waals surface area contributed by atoms with Crippen LogP contribution in [0, 0.1) is 19.3 Å². The summed E-state index contributed by atoms with van der Waals surface area (Å²) in [6.45, 7) is 10.9. The molecule has 0 aliphatic rings. The number of nitrogens with zero attached hydrogens (tertiary/aromatic N) is 2. The SMILES string of the molecule is Cc1cccc(C)c1N=C(Nc1ccccc1P(=Nc1ccccc1)(c1ccccc1)c1ccccc1)C(C)(C)C. The first-order chi connectivity index (χ1) is 19.8. The van der Waals surface area contributed by atoms with Gasteiger partial charge in [0.2, 0.25) is 0 Å². The molecule has 41 heavy (non-hydrogen) atoms. The van der Waals surface area contributed by atoms with Gasteiger partial charge in [-0.15, -0.1) is 0 Å². The van der Waals surface area contributed by atoms with Crippen LogP contribution in [0.25, 0.3) is 0 Å². The van der Waals surface area contributed by atoms with E-state index < -0.39 is 7.05 Å². The van der Waals surface area contributed by atoms with Crippen molar-refractivity contribution < 1.29 is 0 Å². The van der Waals surface area contributed by atoms with Gasteiger partial charge in [0.05, 0.1) is 18.4 Å². The zero-order valence-electron chi connectivity index (χ0n) is 24.5. The zero-order chi connectivity index (χ0) is 28.9. The molecule has 1 N–H and O–H groups in total. The van der Waals surface area contributed by atoms with Gasteiger partial charge in [0.1, 0.15) is 5.84 Å². The molecule has 4 heteroatoms. The molecule has 0 fully saturated rings. The number of nitrogens with one attached hydrogen (secondary N) is 1. The number of para-hydroxylation sites is 2. The van der Waals surface area contributed by atoms with Crippen LogP contribution in [0.4, 0.5) is 17.1 Å². The van der Waals surface area contributed by atoms with E-state index in [0.29, 0.717) is 0 Å². The molecule has 0 bridgehead atoms. The van der Waals surface area contributed by atoms with Crippen molar-refractivity contribution in [3.05, 3.63) is 145 Å². The van der Waals surface area contributed by atoms with Gasteiger partial charge in [0, 0.05) is 27.0 Å². The molecule has 5 aromatic carbocycles. The van der Waals surface area contributed by atoms with E-state index in [9.17, 15) is 0 Å². The second kappa shape index (κ2) is 12.1. The standard InChI is InChI=1S/C37H38N3P/c1-28-18-17-19-29(2)35(28)39-36(37(3,4)5)38-33-26-15-16-27-34(33)41(31-22-11-7-12-23-31,32-24-13-8-14-25-32)40-30-20-9-6-10-21-30/h6-27H,1-5H3,(H,38,39). The van der Waals surface area contributed by atoms with Gasteiger partial charge in [-0.3, -0.25) is 4.74 Å². The number of hydrogen-bond donors (Lipinski definition) is 1. The zero-order valence-corrected chi connectivity index (χ0v) is 25.4. The first-order valence-electron chi connectivity index (χ1n) is 14.1. The van der Waals surface area contributed by atoms with Crippen LogP contribution >= 0.6 is 7.05 Å². The van der Waals surface area contributed by atoms with Crippen molar-refractivity contribution >= 4 is 45.9 Å². The third-order valence-corrected chi connectivity index (χ3v) is 10.9. The van der Waals surface area contributed by atoms with Crippen molar-refractivity contribution in [2.75, 3.05) is 5.32 Å². The summed E-state index contributed by atoms with van der Waals surface area (Å²) in [6.07, 6.45) is 0. The van der Waals surface area contributed by atoms with E-state index in [0.717, 1.165) is 34.0 Å². The Balaban J connectivity index is 1.81. The Morgan fingerprint density at radius 2 is 1.07 bits per heavy atom. The highest BCUT2D eigenvalue weighted by Crippen LogP contribution is 2.51. The van der Waals surface area contributed by atoms with Gasteiger partial charge in [0.15, 0.2) is 0 Å². The van der Waals surface area contributed by atoms with E-state index in [-0.39, 0.29) is 5.41 Å². The first-order valence-corrected chi connectivity index (χ1v) is 15.8. The van der Waals surface area contributed by atoms with E-state index in [2.05, 4.69) is 167 Å². The molecule has 5 aromatic rings. The Hall–Kier alpha value is -4.20. The van der Waals surface area contributed by atoms with E-state index in [1.165, 1.54) is 15.9 Å². The number of aryl methyl sites for hydroxylation is 2. The molecule has 0 aromatic heterocycles. The van der Waals surface area contributed by atoms with Crippen LogP contribution in [0.1, 0.15) is 31.9 Å². The first kappa shape index (κ1) is 28.3. The minimum atomic E-state index is -2.52. The average molecular weight is 556 g/mol. The van der Waals surface area contributed by atoms with Crippen molar-refractivity contribution in [1.29, 1.82) is 0 Å². The van der Waals surface area contributed by atoms with E-state index in [4.69, 9.17) is 9.74 Å². The lowest BCUT2D eigenvalue weighted by atomic mass is 9.94. The summed E-state index contributed by atoms with van der Waals surface area (Å²) in [5, 5.41) is 7.41. The predicted molar refractivity (Wildman–Crippen MR) is 180 cm³/mol. The van der Waals surface area contributed by atoms with Gasteiger partial charge in [-0.25, -0.2) is 4.99 Å². The number of anilines is 1. The van der Waals surface area contributed by atoms with Gasteiger partial charge >= 0.3 is 0 Å². The number of amidine groups is 1. The summed E-state index contributed by atoms with van der Waals surface area (Å²) >= 11 is 0. The molecule has 5 rings (SSSR count). The average Bonchev–Trinajstić information content (AvgIpc) is 2.98. The number of hydrogen-bond acceptors (Lipinski definition) is 2. The molecule has 0 heterocycles. The van der Waals surface area contributed by atoms with Crippen LogP contribution in [-0.2, 0) is 0 Å². The fourth-order valence-electron chi connectivity index (χ4n) is 5.02. The second-order valence-corrected chi connectivity index (χ2v) is 14.3. The van der Waals surface area contributed by atoms with Crippen molar-refractivity contribution in [3.8, 4) is 0 Å². The summed E-state index contributed by atoms with van der Waals surface area (Å²) in [6, 6.07) is 46.8. The number of rotatable bonds is 6. The monoisotopic (exact) mass is 555 g/mol. The number of benzene rings is 5. The molecular weight excluding hydrogens is 517 g/mol. The Morgan fingerprint density at radius 3 is 1.61 bits per heavy atom. The largest absolute Gasteiger partial charge is 0.343 e. The third-order valence-electron chi connectivity index (χ3n) is 7.16. The molecule has 0 amide bonds. The Labute approximate surface area is 245 Å². The van der Waals surface area contributed by atoms with Crippen LogP contribution in [-0.4, -0.2) is 5.84 Å². The van der Waals surface area contributed by atoms with Crippen molar-refractivity contribution in [3.63, 3.8) is 0 Å². The summed E-state index contributed by atoms with van der Waals surface area (Å²) < 4.78 is 5.67. The van der Waals surface area contributed by atoms with Gasteiger partial charge in [0.25, 0.3) is 0 Å². The molecule has 0 aliphatic carbocycles. The Bertz CT molecular complexity index is 1640. The molecule has 0 saturated carbocycles. The normalized spacial score (nSPS) is 12.2. The van der Waals surface area contributed by atoms with Gasteiger partial charge in [-0.2, -0.15) is 0 Å². The highest BCUT2D eigenvalue weighted by atomic mass is 31.2. The molecule has 0 radical (unpaired) electrons. The van der Waals surface area contributed by atoms with Gasteiger partial charge < -0.3 is 5.32 Å². The van der Waals surface area contributed by atoms with Crippen LogP contribution in [0.5, 0.6) is 0 Å². The van der Waals surface area contributed by atoms with Crippen LogP contribution in [0.3, 0.4) is 0 Å². The topological polar surface area (TPSA) is 36.8 Å². The van der Waals surface area contributed by atoms with Crippen LogP contribution in [0.15, 0.2) is 143 Å². The van der Waals surface area contributed by atoms with E-state index in [1.54, 1.807) is 0 Å². The lowest BCUT2D eigenvalue weighted by Gasteiger charge is -2.31. The quantitative estimate of drug-likeness (QED) is 0.127. The fraction of sp³-hybridized carbons (Fsp3) is 0.162. The van der Waals surface area contributed by atoms with Crippen molar-refractivity contribution in [2.24, 2.45) is 15.2 Å². The lowest BCUT2D eigenvalue weighted by Crippen LogP contribution is -2.33. The maximum absolute atomic E-state index is 5.67. The fourth-order valence-corrected chi connectivity index (χ4v) is 8.68. The molecule has 0 saturated heterocycles. The minimum absolute atomic E-state index is 0.223. The lowest BCUT2D eigenvalue weighted by molar-refractivity contribution is 0.590. The van der Waals surface area contributed by atoms with Gasteiger partial charge in [-0.05, 0) is 43.2 Å². The van der Waals surface area contributed by atoms with Crippen LogP contribution in [0.2, 0.25) is 0 Å². The molecule has 0 atom stereocenters. The molecule has 0 aliphatic heterocycles. The number of aliphatic imine (C=N–C) groups is 1. The molecule has 3 nitrogen and oxygen atoms in total. The second-order valence-electron chi connectivity index (χ2n) is 11.3. The van der Waals surface area contributed by atoms with Crippen molar-refractivity contribution in [2.45, 2.75) is 34.6 Å². The maximum atomic E-state index is 5.67. The van der Waals surface area contributed by atoms with E-state index >= 15 is 0 Å². The Morgan fingerprint density at radius 1 is 0.585 bits per heavy atom. The van der Waals surface area contributed by atoms with E-state index in [1.807, 2.05) is 6.07 Å². The summed E-state index contributed by atoms with van der Waals surface area (Å²) in [4.78, 5) is 5.26. The maximum Gasteiger partial charge on any atom is 0.112 e. The molecule has 0 unspecified atom stereocenters. The van der Waals surface area contributed by atoms with Crippen molar-refractivity contribution in [1.82, 2.24) is 0 Å². The van der Waals surface area contributed by atoms with Crippen LogP contribution < -0.4 is 21.2 Å². The summed E-state index contributed by atoms with van der Waals surface area (Å²) in [5.74, 6) is 0.918. The minimum Gasteiger partial charge on any atom is -0.343 e. The smallest absolute Gasteiger partial charge is 0.112 e. The predicted octanol–water partition coefficient (Wildman–Crippen LogP) is 9.30. The highest BCUT2D eigenvalue weighted by Gasteiger charge is 2.31. The van der Waals surface area contributed by atoms with Gasteiger partial charge in [-0.1, -0.05) is 136 Å². The molecule has 206 valence electrons. The Kier molecular flexibility index (Phi) is 8.38. The summed E-state index contributed by atoms with van der Waals surface area (Å²) in [7, 11) is -2.52. The highest BCUT2D eigenvalue weighted by molar-refractivity contribution is 7.87. The summed E-state index contributed by atoms with van der Waals surface area (Å²) in [5.41, 5.74) is 5.10. The third kappa shape index (κ3) is 6.11. The molecule has 0 spiro atoms.